The number of anilines is 2. The monoisotopic (exact) mass is 381 g/mol. The molecule has 0 spiro atoms. The van der Waals surface area contributed by atoms with Gasteiger partial charge < -0.3 is 20.3 Å². The van der Waals surface area contributed by atoms with Crippen molar-refractivity contribution >= 4 is 23.2 Å². The minimum atomic E-state index is -0.263. The maximum absolute atomic E-state index is 12.4. The van der Waals surface area contributed by atoms with Gasteiger partial charge in [-0.3, -0.25) is 9.59 Å². The summed E-state index contributed by atoms with van der Waals surface area (Å²) in [4.78, 5) is 26.9. The molecule has 0 aromatic heterocycles. The molecule has 2 aromatic rings. The number of hydrogen-bond donors (Lipinski definition) is 2. The number of benzene rings is 2. The molecule has 6 nitrogen and oxygen atoms in total. The predicted molar refractivity (Wildman–Crippen MR) is 111 cm³/mol. The van der Waals surface area contributed by atoms with Crippen LogP contribution in [-0.4, -0.2) is 44.2 Å². The third kappa shape index (κ3) is 5.33. The summed E-state index contributed by atoms with van der Waals surface area (Å²) in [5.41, 5.74) is 3.54. The van der Waals surface area contributed by atoms with E-state index in [-0.39, 0.29) is 24.3 Å². The van der Waals surface area contributed by atoms with E-state index in [1.807, 2.05) is 44.2 Å². The zero-order chi connectivity index (χ0) is 19.9. The molecule has 1 atom stereocenters. The first-order chi connectivity index (χ1) is 13.5. The summed E-state index contributed by atoms with van der Waals surface area (Å²) in [5.74, 6) is -0.296. The van der Waals surface area contributed by atoms with E-state index in [1.54, 1.807) is 12.1 Å². The number of ether oxygens (including phenoxy) is 1. The summed E-state index contributed by atoms with van der Waals surface area (Å²) >= 11 is 0. The van der Waals surface area contributed by atoms with Crippen LogP contribution in [0.1, 0.15) is 29.3 Å². The molecule has 1 fully saturated rings. The van der Waals surface area contributed by atoms with Crippen molar-refractivity contribution in [1.29, 1.82) is 0 Å². The number of hydrogen-bond acceptors (Lipinski definition) is 4. The lowest BCUT2D eigenvalue weighted by Gasteiger charge is -2.29. The molecule has 1 aliphatic heterocycles. The van der Waals surface area contributed by atoms with E-state index in [1.165, 1.54) is 0 Å². The van der Waals surface area contributed by atoms with E-state index in [4.69, 9.17) is 4.74 Å². The SMILES string of the molecule is Cc1cc(N2CCOCC2)ccc1NC(=O)CC(C)NC(=O)c1ccccc1. The lowest BCUT2D eigenvalue weighted by molar-refractivity contribution is -0.116. The van der Waals surface area contributed by atoms with E-state index < -0.39 is 0 Å². The van der Waals surface area contributed by atoms with Gasteiger partial charge in [0.05, 0.1) is 13.2 Å². The number of aryl methyl sites for hydroxylation is 1. The lowest BCUT2D eigenvalue weighted by Crippen LogP contribution is -2.36. The first kappa shape index (κ1) is 19.9. The van der Waals surface area contributed by atoms with Crippen molar-refractivity contribution in [3.8, 4) is 0 Å². The average molecular weight is 381 g/mol. The van der Waals surface area contributed by atoms with Gasteiger partial charge in [0.2, 0.25) is 5.91 Å². The van der Waals surface area contributed by atoms with Gasteiger partial charge in [-0.15, -0.1) is 0 Å². The van der Waals surface area contributed by atoms with E-state index in [0.717, 1.165) is 43.2 Å². The number of morpholine rings is 1. The Morgan fingerprint density at radius 3 is 2.50 bits per heavy atom. The second-order valence-electron chi connectivity index (χ2n) is 7.09. The maximum Gasteiger partial charge on any atom is 0.251 e. The fraction of sp³-hybridized carbons (Fsp3) is 0.364. The maximum atomic E-state index is 12.4. The Kier molecular flexibility index (Phi) is 6.66. The van der Waals surface area contributed by atoms with Crippen LogP contribution >= 0.6 is 0 Å². The van der Waals surface area contributed by atoms with Gasteiger partial charge in [0, 0.05) is 42.5 Å². The summed E-state index contributed by atoms with van der Waals surface area (Å²) in [6.45, 7) is 7.05. The molecule has 1 saturated heterocycles. The fourth-order valence-electron chi connectivity index (χ4n) is 3.23. The molecule has 2 amide bonds. The van der Waals surface area contributed by atoms with Gasteiger partial charge in [0.25, 0.3) is 5.91 Å². The molecule has 0 bridgehead atoms. The van der Waals surface area contributed by atoms with Gasteiger partial charge in [-0.2, -0.15) is 0 Å². The summed E-state index contributed by atoms with van der Waals surface area (Å²) in [6, 6.07) is 14.8. The van der Waals surface area contributed by atoms with E-state index in [9.17, 15) is 9.59 Å². The van der Waals surface area contributed by atoms with Crippen molar-refractivity contribution in [3.63, 3.8) is 0 Å². The average Bonchev–Trinajstić information content (AvgIpc) is 2.70. The van der Waals surface area contributed by atoms with Crippen molar-refractivity contribution in [3.05, 3.63) is 59.7 Å². The Morgan fingerprint density at radius 1 is 1.11 bits per heavy atom. The molecule has 148 valence electrons. The van der Waals surface area contributed by atoms with Crippen LogP contribution in [0.2, 0.25) is 0 Å². The standard InChI is InChI=1S/C22H27N3O3/c1-16-14-19(25-10-12-28-13-11-25)8-9-20(16)24-21(26)15-17(2)23-22(27)18-6-4-3-5-7-18/h3-9,14,17H,10-13,15H2,1-2H3,(H,23,27)(H,24,26). The van der Waals surface area contributed by atoms with Crippen LogP contribution in [0.25, 0.3) is 0 Å². The van der Waals surface area contributed by atoms with Crippen LogP contribution in [0.4, 0.5) is 11.4 Å². The highest BCUT2D eigenvalue weighted by molar-refractivity contribution is 5.95. The Morgan fingerprint density at radius 2 is 1.82 bits per heavy atom. The molecule has 3 rings (SSSR count). The lowest BCUT2D eigenvalue weighted by atomic mass is 10.1. The molecular weight excluding hydrogens is 354 g/mol. The smallest absolute Gasteiger partial charge is 0.251 e. The van der Waals surface area contributed by atoms with Crippen molar-refractivity contribution in [2.45, 2.75) is 26.3 Å². The van der Waals surface area contributed by atoms with Crippen LogP contribution in [-0.2, 0) is 9.53 Å². The molecule has 6 heteroatoms. The first-order valence-electron chi connectivity index (χ1n) is 9.62. The Bertz CT molecular complexity index is 817. The van der Waals surface area contributed by atoms with E-state index in [0.29, 0.717) is 5.56 Å². The molecule has 1 aliphatic rings. The van der Waals surface area contributed by atoms with E-state index >= 15 is 0 Å². The quantitative estimate of drug-likeness (QED) is 0.807. The zero-order valence-electron chi connectivity index (χ0n) is 16.4. The molecule has 2 N–H and O–H groups in total. The molecule has 0 aliphatic carbocycles. The molecule has 1 heterocycles. The van der Waals surface area contributed by atoms with Crippen molar-refractivity contribution in [2.24, 2.45) is 0 Å². The van der Waals surface area contributed by atoms with E-state index in [2.05, 4.69) is 21.6 Å². The highest BCUT2D eigenvalue weighted by atomic mass is 16.5. The number of amides is 2. The normalized spacial score (nSPS) is 15.0. The van der Waals surface area contributed by atoms with Crippen molar-refractivity contribution in [1.82, 2.24) is 5.32 Å². The summed E-state index contributed by atoms with van der Waals surface area (Å²) in [5, 5.41) is 5.81. The van der Waals surface area contributed by atoms with Crippen molar-refractivity contribution < 1.29 is 14.3 Å². The number of carbonyl (C=O) groups is 2. The summed E-state index contributed by atoms with van der Waals surface area (Å²) in [7, 11) is 0. The fourth-order valence-corrected chi connectivity index (χ4v) is 3.23. The van der Waals surface area contributed by atoms with Gasteiger partial charge in [-0.05, 0) is 49.7 Å². The van der Waals surface area contributed by atoms with Crippen LogP contribution in [0.15, 0.2) is 48.5 Å². The minimum Gasteiger partial charge on any atom is -0.378 e. The van der Waals surface area contributed by atoms with Crippen LogP contribution < -0.4 is 15.5 Å². The van der Waals surface area contributed by atoms with Crippen LogP contribution in [0.5, 0.6) is 0 Å². The van der Waals surface area contributed by atoms with Crippen molar-refractivity contribution in [2.75, 3.05) is 36.5 Å². The molecule has 2 aromatic carbocycles. The Balaban J connectivity index is 1.53. The number of nitrogens with zero attached hydrogens (tertiary/aromatic N) is 1. The minimum absolute atomic E-state index is 0.122. The Labute approximate surface area is 165 Å². The first-order valence-corrected chi connectivity index (χ1v) is 9.62. The molecule has 1 unspecified atom stereocenters. The highest BCUT2D eigenvalue weighted by Crippen LogP contribution is 2.23. The molecule has 0 radical (unpaired) electrons. The second-order valence-corrected chi connectivity index (χ2v) is 7.09. The predicted octanol–water partition coefficient (Wildman–Crippen LogP) is 2.98. The van der Waals surface area contributed by atoms with Gasteiger partial charge in [0.1, 0.15) is 0 Å². The second kappa shape index (κ2) is 9.37. The summed E-state index contributed by atoms with van der Waals surface area (Å²) < 4.78 is 5.39. The van der Waals surface area contributed by atoms with Gasteiger partial charge in [-0.1, -0.05) is 18.2 Å². The topological polar surface area (TPSA) is 70.7 Å². The Hall–Kier alpha value is -2.86. The zero-order valence-corrected chi connectivity index (χ0v) is 16.4. The third-order valence-corrected chi connectivity index (χ3v) is 4.77. The molecule has 0 saturated carbocycles. The largest absolute Gasteiger partial charge is 0.378 e. The number of carbonyl (C=O) groups excluding carboxylic acids is 2. The molecular formula is C22H27N3O3. The summed E-state index contributed by atoms with van der Waals surface area (Å²) in [6.07, 6.45) is 0.212. The third-order valence-electron chi connectivity index (χ3n) is 4.77. The van der Waals surface area contributed by atoms with Crippen LogP contribution in [0.3, 0.4) is 0 Å². The highest BCUT2D eigenvalue weighted by Gasteiger charge is 2.15. The van der Waals surface area contributed by atoms with Crippen LogP contribution in [0, 0.1) is 6.92 Å². The van der Waals surface area contributed by atoms with Gasteiger partial charge in [0.15, 0.2) is 0 Å². The number of nitrogens with one attached hydrogen (secondary N) is 2. The van der Waals surface area contributed by atoms with Gasteiger partial charge >= 0.3 is 0 Å². The number of rotatable bonds is 6. The van der Waals surface area contributed by atoms with Gasteiger partial charge in [-0.25, -0.2) is 0 Å². The molecule has 28 heavy (non-hydrogen) atoms.